The van der Waals surface area contributed by atoms with Gasteiger partial charge in [-0.3, -0.25) is 9.69 Å². The van der Waals surface area contributed by atoms with E-state index < -0.39 is 5.60 Å². The second kappa shape index (κ2) is 7.51. The summed E-state index contributed by atoms with van der Waals surface area (Å²) in [5.41, 5.74) is 0.818. The van der Waals surface area contributed by atoms with Crippen LogP contribution in [0.15, 0.2) is 24.3 Å². The molecule has 132 valence electrons. The Morgan fingerprint density at radius 3 is 2.71 bits per heavy atom. The fourth-order valence-electron chi connectivity index (χ4n) is 3.40. The molecule has 1 spiro atoms. The predicted molar refractivity (Wildman–Crippen MR) is 90.0 cm³/mol. The van der Waals surface area contributed by atoms with Crippen molar-refractivity contribution in [2.45, 2.75) is 19.1 Å². The van der Waals surface area contributed by atoms with Gasteiger partial charge in [0.1, 0.15) is 11.4 Å². The van der Waals surface area contributed by atoms with Crippen LogP contribution in [-0.2, 0) is 20.8 Å². The first kappa shape index (κ1) is 17.2. The molecule has 0 N–H and O–H groups in total. The summed E-state index contributed by atoms with van der Waals surface area (Å²) in [6.07, 6.45) is 0. The molecule has 6 nitrogen and oxygen atoms in total. The molecule has 6 heteroatoms. The molecule has 0 unspecified atom stereocenters. The Balaban J connectivity index is 1.67. The zero-order valence-electron chi connectivity index (χ0n) is 14.5. The lowest BCUT2D eigenvalue weighted by atomic mass is 10.0. The maximum Gasteiger partial charge on any atom is 0.219 e. The van der Waals surface area contributed by atoms with Crippen molar-refractivity contribution < 1.29 is 19.0 Å². The van der Waals surface area contributed by atoms with Crippen molar-refractivity contribution in [3.63, 3.8) is 0 Å². The zero-order valence-corrected chi connectivity index (χ0v) is 14.5. The quantitative estimate of drug-likeness (QED) is 0.830. The summed E-state index contributed by atoms with van der Waals surface area (Å²) in [5, 5.41) is 0. The van der Waals surface area contributed by atoms with E-state index in [1.54, 1.807) is 14.0 Å². The first-order valence-corrected chi connectivity index (χ1v) is 8.43. The lowest BCUT2D eigenvalue weighted by molar-refractivity contribution is -0.151. The number of carbonyl (C=O) groups is 1. The third-order valence-electron chi connectivity index (χ3n) is 4.69. The molecule has 2 heterocycles. The Morgan fingerprint density at radius 1 is 1.21 bits per heavy atom. The molecule has 2 aliphatic heterocycles. The predicted octanol–water partition coefficient (Wildman–Crippen LogP) is 1.14. The summed E-state index contributed by atoms with van der Waals surface area (Å²) in [5.74, 6) is 0.946. The SMILES string of the molecule is COc1ccc(CN2CCO[C@]3(COCCN(C(C)=O)C3)C2)cc1. The van der Waals surface area contributed by atoms with Gasteiger partial charge in [0, 0.05) is 33.1 Å². The Bertz CT molecular complexity index is 563. The maximum atomic E-state index is 11.8. The van der Waals surface area contributed by atoms with Crippen molar-refractivity contribution in [3.8, 4) is 5.75 Å². The lowest BCUT2D eigenvalue weighted by Crippen LogP contribution is -2.58. The monoisotopic (exact) mass is 334 g/mol. The van der Waals surface area contributed by atoms with Gasteiger partial charge >= 0.3 is 0 Å². The zero-order chi connectivity index (χ0) is 17.0. The van der Waals surface area contributed by atoms with Crippen molar-refractivity contribution in [3.05, 3.63) is 29.8 Å². The molecule has 3 rings (SSSR count). The van der Waals surface area contributed by atoms with Crippen molar-refractivity contribution >= 4 is 5.91 Å². The van der Waals surface area contributed by atoms with E-state index in [1.165, 1.54) is 5.56 Å². The standard InChI is InChI=1S/C18H26N2O4/c1-15(21)20-8-9-23-14-18(13-20)12-19(7-10-24-18)11-16-3-5-17(22-2)6-4-16/h3-6H,7-14H2,1-2H3/t18-/m1/s1. The minimum Gasteiger partial charge on any atom is -0.497 e. The number of ether oxygens (including phenoxy) is 3. The van der Waals surface area contributed by atoms with Crippen LogP contribution in [-0.4, -0.2) is 74.4 Å². The van der Waals surface area contributed by atoms with Gasteiger partial charge in [-0.15, -0.1) is 0 Å². The molecule has 2 saturated heterocycles. The van der Waals surface area contributed by atoms with E-state index in [4.69, 9.17) is 14.2 Å². The molecule has 1 aromatic carbocycles. The van der Waals surface area contributed by atoms with Gasteiger partial charge < -0.3 is 19.1 Å². The van der Waals surface area contributed by atoms with Gasteiger partial charge in [0.2, 0.25) is 5.91 Å². The number of morpholine rings is 1. The second-order valence-electron chi connectivity index (χ2n) is 6.58. The molecule has 1 amide bonds. The fraction of sp³-hybridized carbons (Fsp3) is 0.611. The van der Waals surface area contributed by atoms with Crippen LogP contribution in [0, 0.1) is 0 Å². The molecular weight excluding hydrogens is 308 g/mol. The summed E-state index contributed by atoms with van der Waals surface area (Å²) in [4.78, 5) is 16.0. The highest BCUT2D eigenvalue weighted by atomic mass is 16.5. The van der Waals surface area contributed by atoms with E-state index in [9.17, 15) is 4.79 Å². The number of hydrogen-bond donors (Lipinski definition) is 0. The number of nitrogens with zero attached hydrogens (tertiary/aromatic N) is 2. The van der Waals surface area contributed by atoms with Gasteiger partial charge in [0.25, 0.3) is 0 Å². The van der Waals surface area contributed by atoms with E-state index >= 15 is 0 Å². The highest BCUT2D eigenvalue weighted by Crippen LogP contribution is 2.24. The van der Waals surface area contributed by atoms with Crippen LogP contribution < -0.4 is 4.74 Å². The number of amides is 1. The number of methoxy groups -OCH3 is 1. The van der Waals surface area contributed by atoms with Gasteiger partial charge in [-0.2, -0.15) is 0 Å². The molecule has 1 aromatic rings. The van der Waals surface area contributed by atoms with Gasteiger partial charge in [0.05, 0.1) is 33.5 Å². The minimum atomic E-state index is -0.424. The van der Waals surface area contributed by atoms with Crippen LogP contribution in [0.3, 0.4) is 0 Å². The highest BCUT2D eigenvalue weighted by molar-refractivity contribution is 5.73. The Labute approximate surface area is 143 Å². The number of rotatable bonds is 3. The Hall–Kier alpha value is -1.63. The van der Waals surface area contributed by atoms with Crippen molar-refractivity contribution in [1.82, 2.24) is 9.80 Å². The van der Waals surface area contributed by atoms with Gasteiger partial charge in [0.15, 0.2) is 0 Å². The lowest BCUT2D eigenvalue weighted by Gasteiger charge is -2.43. The van der Waals surface area contributed by atoms with Gasteiger partial charge in [-0.05, 0) is 17.7 Å². The van der Waals surface area contributed by atoms with Crippen LogP contribution in [0.25, 0.3) is 0 Å². The molecule has 2 fully saturated rings. The van der Waals surface area contributed by atoms with Crippen LogP contribution in [0.1, 0.15) is 12.5 Å². The molecule has 0 bridgehead atoms. The number of benzene rings is 1. The van der Waals surface area contributed by atoms with Crippen molar-refractivity contribution in [1.29, 1.82) is 0 Å². The number of hydrogen-bond acceptors (Lipinski definition) is 5. The largest absolute Gasteiger partial charge is 0.497 e. The summed E-state index contributed by atoms with van der Waals surface area (Å²) in [7, 11) is 1.67. The summed E-state index contributed by atoms with van der Waals surface area (Å²) in [6.45, 7) is 7.12. The normalized spacial score (nSPS) is 25.5. The average Bonchev–Trinajstić information content (AvgIpc) is 2.78. The average molecular weight is 334 g/mol. The summed E-state index contributed by atoms with van der Waals surface area (Å²) >= 11 is 0. The maximum absolute atomic E-state index is 11.8. The fourth-order valence-corrected chi connectivity index (χ4v) is 3.40. The van der Waals surface area contributed by atoms with E-state index in [2.05, 4.69) is 17.0 Å². The molecule has 2 aliphatic rings. The van der Waals surface area contributed by atoms with E-state index in [-0.39, 0.29) is 5.91 Å². The molecule has 0 aromatic heterocycles. The highest BCUT2D eigenvalue weighted by Gasteiger charge is 2.40. The van der Waals surface area contributed by atoms with E-state index in [0.717, 1.165) is 25.4 Å². The summed E-state index contributed by atoms with van der Waals surface area (Å²) in [6, 6.07) is 8.15. The smallest absolute Gasteiger partial charge is 0.219 e. The first-order chi connectivity index (χ1) is 11.6. The molecule has 24 heavy (non-hydrogen) atoms. The number of carbonyl (C=O) groups excluding carboxylic acids is 1. The van der Waals surface area contributed by atoms with Crippen LogP contribution in [0.4, 0.5) is 0 Å². The second-order valence-corrected chi connectivity index (χ2v) is 6.58. The Morgan fingerprint density at radius 2 is 2.00 bits per heavy atom. The third kappa shape index (κ3) is 4.06. The van der Waals surface area contributed by atoms with Crippen molar-refractivity contribution in [2.24, 2.45) is 0 Å². The summed E-state index contributed by atoms with van der Waals surface area (Å²) < 4.78 is 17.0. The molecule has 0 radical (unpaired) electrons. The van der Waals surface area contributed by atoms with Crippen LogP contribution in [0.2, 0.25) is 0 Å². The van der Waals surface area contributed by atoms with E-state index in [1.807, 2.05) is 17.0 Å². The molecule has 0 saturated carbocycles. The van der Waals surface area contributed by atoms with Gasteiger partial charge in [-0.1, -0.05) is 12.1 Å². The van der Waals surface area contributed by atoms with Crippen LogP contribution >= 0.6 is 0 Å². The van der Waals surface area contributed by atoms with Crippen molar-refractivity contribution in [2.75, 3.05) is 53.1 Å². The molecule has 1 atom stereocenters. The topological polar surface area (TPSA) is 51.2 Å². The molecule has 0 aliphatic carbocycles. The minimum absolute atomic E-state index is 0.0794. The van der Waals surface area contributed by atoms with Gasteiger partial charge in [-0.25, -0.2) is 0 Å². The molecular formula is C18H26N2O4. The third-order valence-corrected chi connectivity index (χ3v) is 4.69. The van der Waals surface area contributed by atoms with E-state index in [0.29, 0.717) is 32.9 Å². The first-order valence-electron chi connectivity index (χ1n) is 8.43. The van der Waals surface area contributed by atoms with Crippen LogP contribution in [0.5, 0.6) is 5.75 Å². The Kier molecular flexibility index (Phi) is 5.38.